The molecular weight excluding hydrogens is 254 g/mol. The van der Waals surface area contributed by atoms with Gasteiger partial charge in [-0.1, -0.05) is 69.2 Å². The molecule has 1 heterocycles. The fourth-order valence-corrected chi connectivity index (χ4v) is 3.81. The minimum absolute atomic E-state index is 0.561. The summed E-state index contributed by atoms with van der Waals surface area (Å²) in [7, 11) is 0. The highest BCUT2D eigenvalue weighted by Gasteiger charge is 2.35. The predicted molar refractivity (Wildman–Crippen MR) is 94.9 cm³/mol. The largest absolute Gasteiger partial charge is 0.362 e. The molecule has 0 aliphatic carbocycles. The zero-order valence-corrected chi connectivity index (χ0v) is 16.0. The monoisotopic (exact) mass is 291 g/mol. The van der Waals surface area contributed by atoms with Gasteiger partial charge in [-0.05, 0) is 40.7 Å². The first-order valence-corrected chi connectivity index (χ1v) is 8.84. The molecular formula is C20H37N. The van der Waals surface area contributed by atoms with Crippen LogP contribution in [0.3, 0.4) is 0 Å². The van der Waals surface area contributed by atoms with Gasteiger partial charge in [0.1, 0.15) is 0 Å². The molecule has 0 radical (unpaired) electrons. The van der Waals surface area contributed by atoms with E-state index in [1.807, 2.05) is 0 Å². The molecule has 1 aliphatic heterocycles. The molecule has 1 N–H and O–H groups in total. The van der Waals surface area contributed by atoms with Crippen LogP contribution in [0, 0.1) is 35.5 Å². The van der Waals surface area contributed by atoms with Crippen LogP contribution in [0.25, 0.3) is 0 Å². The topological polar surface area (TPSA) is 12.0 Å². The first kappa shape index (κ1) is 18.3. The molecule has 122 valence electrons. The summed E-state index contributed by atoms with van der Waals surface area (Å²) in [5.41, 5.74) is 6.26. The Bertz CT molecular complexity index is 383. The van der Waals surface area contributed by atoms with Crippen molar-refractivity contribution >= 4 is 0 Å². The van der Waals surface area contributed by atoms with E-state index in [-0.39, 0.29) is 0 Å². The van der Waals surface area contributed by atoms with Crippen molar-refractivity contribution in [1.29, 1.82) is 0 Å². The number of rotatable bonds is 5. The van der Waals surface area contributed by atoms with Crippen molar-refractivity contribution in [3.63, 3.8) is 0 Å². The van der Waals surface area contributed by atoms with E-state index >= 15 is 0 Å². The Morgan fingerprint density at radius 1 is 0.571 bits per heavy atom. The Labute approximate surface area is 133 Å². The van der Waals surface area contributed by atoms with Crippen molar-refractivity contribution in [2.75, 3.05) is 0 Å². The van der Waals surface area contributed by atoms with E-state index in [2.05, 4.69) is 74.6 Å². The van der Waals surface area contributed by atoms with Gasteiger partial charge in [-0.2, -0.15) is 0 Å². The van der Waals surface area contributed by atoms with E-state index in [1.54, 1.807) is 11.1 Å². The minimum Gasteiger partial charge on any atom is -0.362 e. The molecule has 0 amide bonds. The van der Waals surface area contributed by atoms with Gasteiger partial charge in [0.25, 0.3) is 0 Å². The van der Waals surface area contributed by atoms with Crippen molar-refractivity contribution < 1.29 is 0 Å². The van der Waals surface area contributed by atoms with E-state index in [4.69, 9.17) is 0 Å². The van der Waals surface area contributed by atoms with Gasteiger partial charge in [-0.3, -0.25) is 0 Å². The van der Waals surface area contributed by atoms with E-state index in [1.165, 1.54) is 11.4 Å². The summed E-state index contributed by atoms with van der Waals surface area (Å²) >= 11 is 0. The summed E-state index contributed by atoms with van der Waals surface area (Å²) in [6.45, 7) is 23.5. The van der Waals surface area contributed by atoms with Crippen LogP contribution >= 0.6 is 0 Å². The molecule has 1 rings (SSSR count). The Balaban J connectivity index is 3.56. The van der Waals surface area contributed by atoms with E-state index in [0.29, 0.717) is 35.5 Å². The number of nitrogens with one attached hydrogen (secondary N) is 1. The Kier molecular flexibility index (Phi) is 6.13. The number of allylic oxidation sites excluding steroid dienone is 4. The Morgan fingerprint density at radius 3 is 1.10 bits per heavy atom. The number of hydrogen-bond donors (Lipinski definition) is 1. The summed E-state index contributed by atoms with van der Waals surface area (Å²) in [5.74, 6) is 3.58. The molecule has 1 aliphatic rings. The van der Waals surface area contributed by atoms with Crippen LogP contribution in [0.2, 0.25) is 0 Å². The van der Waals surface area contributed by atoms with Crippen LogP contribution in [0.15, 0.2) is 22.5 Å². The summed E-state index contributed by atoms with van der Waals surface area (Å²) in [6, 6.07) is 0. The van der Waals surface area contributed by atoms with Crippen LogP contribution in [0.1, 0.15) is 69.2 Å². The third-order valence-electron chi connectivity index (χ3n) is 4.63. The lowest BCUT2D eigenvalue weighted by molar-refractivity contribution is 0.389. The van der Waals surface area contributed by atoms with Gasteiger partial charge >= 0.3 is 0 Å². The highest BCUT2D eigenvalue weighted by molar-refractivity contribution is 5.39. The summed E-state index contributed by atoms with van der Waals surface area (Å²) in [5, 5.41) is 3.86. The van der Waals surface area contributed by atoms with Crippen LogP contribution in [-0.4, -0.2) is 0 Å². The van der Waals surface area contributed by atoms with Crippen molar-refractivity contribution in [2.45, 2.75) is 69.2 Å². The van der Waals surface area contributed by atoms with Crippen LogP contribution in [-0.2, 0) is 0 Å². The van der Waals surface area contributed by atoms with Gasteiger partial charge < -0.3 is 5.32 Å². The molecule has 0 aromatic carbocycles. The zero-order valence-electron chi connectivity index (χ0n) is 16.0. The molecule has 0 atom stereocenters. The first-order valence-electron chi connectivity index (χ1n) is 8.84. The fraction of sp³-hybridized carbons (Fsp3) is 0.800. The smallest absolute Gasteiger partial charge is 0.0175 e. The molecule has 0 saturated carbocycles. The molecule has 0 unspecified atom stereocenters. The maximum Gasteiger partial charge on any atom is 0.0175 e. The molecule has 1 heteroatoms. The molecule has 0 fully saturated rings. The third-order valence-corrected chi connectivity index (χ3v) is 4.63. The molecule has 21 heavy (non-hydrogen) atoms. The number of dihydropyridines is 1. The molecule has 0 aromatic rings. The number of hydrogen-bond acceptors (Lipinski definition) is 1. The minimum atomic E-state index is 0.561. The lowest BCUT2D eigenvalue weighted by atomic mass is 9.69. The lowest BCUT2D eigenvalue weighted by Crippen LogP contribution is -2.37. The Morgan fingerprint density at radius 2 is 0.905 bits per heavy atom. The predicted octanol–water partition coefficient (Wildman–Crippen LogP) is 5.99. The summed E-state index contributed by atoms with van der Waals surface area (Å²) < 4.78 is 0. The standard InChI is InChI=1S/C20H37N/c1-11(2)16-17(12(3)4)19(14(7)8)21-20(15(9)10)18(16)13(5)6/h11-16,21H,1-10H3. The van der Waals surface area contributed by atoms with Gasteiger partial charge in [0, 0.05) is 17.3 Å². The quantitative estimate of drug-likeness (QED) is 0.655. The van der Waals surface area contributed by atoms with Gasteiger partial charge in [-0.15, -0.1) is 0 Å². The van der Waals surface area contributed by atoms with Gasteiger partial charge in [0.2, 0.25) is 0 Å². The fourth-order valence-electron chi connectivity index (χ4n) is 3.81. The molecule has 0 aromatic heterocycles. The van der Waals surface area contributed by atoms with Gasteiger partial charge in [0.15, 0.2) is 0 Å². The second kappa shape index (κ2) is 7.03. The van der Waals surface area contributed by atoms with Crippen LogP contribution < -0.4 is 5.32 Å². The average molecular weight is 292 g/mol. The molecule has 0 saturated heterocycles. The molecule has 1 nitrogen and oxygen atoms in total. The highest BCUT2D eigenvalue weighted by Crippen LogP contribution is 2.44. The van der Waals surface area contributed by atoms with Crippen molar-refractivity contribution in [1.82, 2.24) is 5.32 Å². The highest BCUT2D eigenvalue weighted by atomic mass is 14.9. The molecule has 0 bridgehead atoms. The summed E-state index contributed by atoms with van der Waals surface area (Å²) in [6.07, 6.45) is 0. The second-order valence-electron chi connectivity index (χ2n) is 8.20. The van der Waals surface area contributed by atoms with Crippen molar-refractivity contribution in [3.05, 3.63) is 22.5 Å². The summed E-state index contributed by atoms with van der Waals surface area (Å²) in [4.78, 5) is 0. The normalized spacial score (nSPS) is 18.0. The first-order chi connectivity index (χ1) is 9.59. The maximum atomic E-state index is 3.86. The molecule has 0 spiro atoms. The average Bonchev–Trinajstić information content (AvgIpc) is 2.34. The van der Waals surface area contributed by atoms with Crippen molar-refractivity contribution in [3.8, 4) is 0 Å². The SMILES string of the molecule is CC(C)C1=C(C(C)C)C(C(C)C)C(C(C)C)=C(C(C)C)N1. The van der Waals surface area contributed by atoms with E-state index in [0.717, 1.165) is 0 Å². The second-order valence-corrected chi connectivity index (χ2v) is 8.20. The van der Waals surface area contributed by atoms with Gasteiger partial charge in [0.05, 0.1) is 0 Å². The van der Waals surface area contributed by atoms with Gasteiger partial charge in [-0.25, -0.2) is 0 Å². The van der Waals surface area contributed by atoms with E-state index in [9.17, 15) is 0 Å². The Hall–Kier alpha value is -0.720. The van der Waals surface area contributed by atoms with E-state index < -0.39 is 0 Å². The van der Waals surface area contributed by atoms with Crippen LogP contribution in [0.5, 0.6) is 0 Å². The van der Waals surface area contributed by atoms with Crippen molar-refractivity contribution in [2.24, 2.45) is 35.5 Å². The maximum absolute atomic E-state index is 3.86. The van der Waals surface area contributed by atoms with Crippen LogP contribution in [0.4, 0.5) is 0 Å². The zero-order chi connectivity index (χ0) is 16.5. The third kappa shape index (κ3) is 3.73. The lowest BCUT2D eigenvalue weighted by Gasteiger charge is -2.42.